The van der Waals surface area contributed by atoms with Crippen LogP contribution in [-0.4, -0.2) is 25.3 Å². The minimum atomic E-state index is -0.121. The molecule has 0 aliphatic carbocycles. The van der Waals surface area contributed by atoms with Gasteiger partial charge >= 0.3 is 0 Å². The van der Waals surface area contributed by atoms with Crippen molar-refractivity contribution in [2.45, 2.75) is 13.8 Å². The number of hydrogen-bond acceptors (Lipinski definition) is 3. The number of hydrogen-bond donors (Lipinski definition) is 1. The van der Waals surface area contributed by atoms with Crippen LogP contribution in [0.4, 0.5) is 0 Å². The molecule has 0 saturated carbocycles. The molecule has 0 unspecified atom stereocenters. The first-order valence-corrected chi connectivity index (χ1v) is 5.62. The van der Waals surface area contributed by atoms with Gasteiger partial charge in [0.2, 0.25) is 5.91 Å². The maximum absolute atomic E-state index is 10.9. The number of rotatable bonds is 4. The van der Waals surface area contributed by atoms with Crippen LogP contribution in [0.25, 0.3) is 0 Å². The van der Waals surface area contributed by atoms with E-state index in [0.717, 1.165) is 6.29 Å². The molecule has 1 aromatic rings. The van der Waals surface area contributed by atoms with Gasteiger partial charge in [-0.25, -0.2) is 0 Å². The Labute approximate surface area is 106 Å². The molecule has 0 aliphatic rings. The zero-order valence-electron chi connectivity index (χ0n) is 10.4. The fraction of sp³-hybridized carbons (Fsp3) is 0.286. The Morgan fingerprint density at radius 3 is 2.89 bits per heavy atom. The predicted octanol–water partition coefficient (Wildman–Crippen LogP) is 1.39. The first kappa shape index (κ1) is 13.8. The minimum Gasteiger partial charge on any atom is -0.493 e. The molecule has 0 heterocycles. The van der Waals surface area contributed by atoms with E-state index in [4.69, 9.17) is 4.74 Å². The van der Waals surface area contributed by atoms with Crippen LogP contribution < -0.4 is 10.1 Å². The van der Waals surface area contributed by atoms with Crippen LogP contribution in [0.1, 0.15) is 29.8 Å². The van der Waals surface area contributed by atoms with Gasteiger partial charge < -0.3 is 10.1 Å². The van der Waals surface area contributed by atoms with Crippen molar-refractivity contribution < 1.29 is 14.3 Å². The molecule has 0 aliphatic heterocycles. The molecule has 1 amide bonds. The monoisotopic (exact) mass is 245 g/mol. The third-order valence-electron chi connectivity index (χ3n) is 2.10. The molecule has 1 N–H and O–H groups in total. The van der Waals surface area contributed by atoms with Crippen LogP contribution in [-0.2, 0) is 4.79 Å². The largest absolute Gasteiger partial charge is 0.493 e. The Balaban J connectivity index is 2.78. The lowest BCUT2D eigenvalue weighted by Crippen LogP contribution is -2.19. The molecular weight excluding hydrogens is 230 g/mol. The minimum absolute atomic E-state index is 0.121. The maximum atomic E-state index is 10.9. The number of amides is 1. The van der Waals surface area contributed by atoms with E-state index in [1.165, 1.54) is 6.92 Å². The van der Waals surface area contributed by atoms with E-state index in [9.17, 15) is 9.59 Å². The lowest BCUT2D eigenvalue weighted by atomic mass is 10.1. The standard InChI is InChI=1S/C14H15NO3/c1-3-18-14-7-6-12(9-13(14)10-16)5-4-8-15-11(2)17/h6-7,9-10H,3,8H2,1-2H3,(H,15,17). The summed E-state index contributed by atoms with van der Waals surface area (Å²) >= 11 is 0. The van der Waals surface area contributed by atoms with Crippen molar-refractivity contribution in [2.24, 2.45) is 0 Å². The van der Waals surface area contributed by atoms with Crippen molar-refractivity contribution in [2.75, 3.05) is 13.2 Å². The van der Waals surface area contributed by atoms with Crippen LogP contribution in [0.3, 0.4) is 0 Å². The van der Waals surface area contributed by atoms with Gasteiger partial charge in [-0.15, -0.1) is 0 Å². The highest BCUT2D eigenvalue weighted by atomic mass is 16.5. The van der Waals surface area contributed by atoms with E-state index in [1.807, 2.05) is 6.92 Å². The SMILES string of the molecule is CCOc1ccc(C#CCNC(C)=O)cc1C=O. The Bertz CT molecular complexity index is 497. The zero-order chi connectivity index (χ0) is 13.4. The van der Waals surface area contributed by atoms with Gasteiger partial charge in [-0.1, -0.05) is 11.8 Å². The van der Waals surface area contributed by atoms with Gasteiger partial charge in [0.15, 0.2) is 6.29 Å². The lowest BCUT2D eigenvalue weighted by molar-refractivity contribution is -0.118. The molecule has 0 saturated heterocycles. The topological polar surface area (TPSA) is 55.4 Å². The average Bonchev–Trinajstić information content (AvgIpc) is 2.36. The second-order valence-electron chi connectivity index (χ2n) is 3.51. The van der Waals surface area contributed by atoms with E-state index in [0.29, 0.717) is 30.0 Å². The quantitative estimate of drug-likeness (QED) is 0.644. The van der Waals surface area contributed by atoms with Crippen LogP contribution in [0, 0.1) is 11.8 Å². The number of carbonyl (C=O) groups excluding carboxylic acids is 2. The number of ether oxygens (including phenoxy) is 1. The predicted molar refractivity (Wildman–Crippen MR) is 68.6 cm³/mol. The third-order valence-corrected chi connectivity index (χ3v) is 2.10. The molecular formula is C14H15NO3. The van der Waals surface area contributed by atoms with E-state index in [1.54, 1.807) is 18.2 Å². The van der Waals surface area contributed by atoms with Gasteiger partial charge in [0.25, 0.3) is 0 Å². The molecule has 0 fully saturated rings. The van der Waals surface area contributed by atoms with Gasteiger partial charge in [0.1, 0.15) is 5.75 Å². The average molecular weight is 245 g/mol. The number of carbonyl (C=O) groups is 2. The van der Waals surface area contributed by atoms with Crippen molar-refractivity contribution in [3.63, 3.8) is 0 Å². The smallest absolute Gasteiger partial charge is 0.217 e. The number of benzene rings is 1. The van der Waals surface area contributed by atoms with Gasteiger partial charge in [-0.05, 0) is 25.1 Å². The van der Waals surface area contributed by atoms with Crippen LogP contribution >= 0.6 is 0 Å². The van der Waals surface area contributed by atoms with Gasteiger partial charge in [-0.2, -0.15) is 0 Å². The lowest BCUT2D eigenvalue weighted by Gasteiger charge is -2.05. The molecule has 0 radical (unpaired) electrons. The van der Waals surface area contributed by atoms with Crippen LogP contribution in [0.2, 0.25) is 0 Å². The van der Waals surface area contributed by atoms with Crippen LogP contribution in [0.5, 0.6) is 5.75 Å². The molecule has 0 aromatic heterocycles. The normalized spacial score (nSPS) is 9.00. The summed E-state index contributed by atoms with van der Waals surface area (Å²) in [5.41, 5.74) is 1.19. The van der Waals surface area contributed by atoms with Crippen molar-refractivity contribution in [1.82, 2.24) is 5.32 Å². The fourth-order valence-corrected chi connectivity index (χ4v) is 1.32. The van der Waals surface area contributed by atoms with Crippen molar-refractivity contribution in [3.8, 4) is 17.6 Å². The molecule has 4 nitrogen and oxygen atoms in total. The zero-order valence-corrected chi connectivity index (χ0v) is 10.4. The summed E-state index contributed by atoms with van der Waals surface area (Å²) in [5.74, 6) is 6.10. The Kier molecular flexibility index (Phi) is 5.46. The Hall–Kier alpha value is -2.28. The molecule has 0 spiro atoms. The molecule has 18 heavy (non-hydrogen) atoms. The van der Waals surface area contributed by atoms with E-state index in [2.05, 4.69) is 17.2 Å². The van der Waals surface area contributed by atoms with Gasteiger partial charge in [-0.3, -0.25) is 9.59 Å². The summed E-state index contributed by atoms with van der Waals surface area (Å²) in [6.45, 7) is 4.09. The molecule has 4 heteroatoms. The van der Waals surface area contributed by atoms with Crippen molar-refractivity contribution >= 4 is 12.2 Å². The molecule has 1 rings (SSSR count). The molecule has 0 atom stereocenters. The summed E-state index contributed by atoms with van der Waals surface area (Å²) in [5, 5.41) is 2.57. The number of nitrogens with one attached hydrogen (secondary N) is 1. The summed E-state index contributed by atoms with van der Waals surface area (Å²) in [4.78, 5) is 21.5. The molecule has 1 aromatic carbocycles. The molecule has 0 bridgehead atoms. The first-order valence-electron chi connectivity index (χ1n) is 5.62. The summed E-state index contributed by atoms with van der Waals surface area (Å²) in [7, 11) is 0. The van der Waals surface area contributed by atoms with E-state index >= 15 is 0 Å². The highest BCUT2D eigenvalue weighted by Crippen LogP contribution is 2.17. The van der Waals surface area contributed by atoms with Crippen LogP contribution in [0.15, 0.2) is 18.2 Å². The third kappa shape index (κ3) is 4.30. The fourth-order valence-electron chi connectivity index (χ4n) is 1.32. The first-order chi connectivity index (χ1) is 8.67. The summed E-state index contributed by atoms with van der Waals surface area (Å²) in [6, 6.07) is 5.16. The number of aldehydes is 1. The van der Waals surface area contributed by atoms with Gasteiger partial charge in [0.05, 0.1) is 18.7 Å². The maximum Gasteiger partial charge on any atom is 0.217 e. The second-order valence-corrected chi connectivity index (χ2v) is 3.51. The highest BCUT2D eigenvalue weighted by molar-refractivity contribution is 5.80. The summed E-state index contributed by atoms with van der Waals surface area (Å²) < 4.78 is 5.30. The van der Waals surface area contributed by atoms with Gasteiger partial charge in [0, 0.05) is 12.5 Å². The van der Waals surface area contributed by atoms with E-state index in [-0.39, 0.29) is 5.91 Å². The highest BCUT2D eigenvalue weighted by Gasteiger charge is 2.02. The van der Waals surface area contributed by atoms with E-state index < -0.39 is 0 Å². The molecule has 94 valence electrons. The Morgan fingerprint density at radius 2 is 2.28 bits per heavy atom. The second kappa shape index (κ2) is 7.13. The van der Waals surface area contributed by atoms with Crippen molar-refractivity contribution in [1.29, 1.82) is 0 Å². The Morgan fingerprint density at radius 1 is 1.50 bits per heavy atom. The van der Waals surface area contributed by atoms with Crippen molar-refractivity contribution in [3.05, 3.63) is 29.3 Å². The summed E-state index contributed by atoms with van der Waals surface area (Å²) in [6.07, 6.45) is 0.740.